The van der Waals surface area contributed by atoms with Crippen molar-refractivity contribution in [2.24, 2.45) is 5.92 Å². The van der Waals surface area contributed by atoms with Crippen LogP contribution in [0.3, 0.4) is 0 Å². The molecule has 1 N–H and O–H groups in total. The van der Waals surface area contributed by atoms with Crippen LogP contribution in [0.25, 0.3) is 0 Å². The fourth-order valence-corrected chi connectivity index (χ4v) is 3.59. The number of benzene rings is 1. The average Bonchev–Trinajstić information content (AvgIpc) is 2.68. The van der Waals surface area contributed by atoms with E-state index in [-0.39, 0.29) is 17.7 Å². The number of hydrogen-bond acceptors (Lipinski definition) is 4. The maximum Gasteiger partial charge on any atom is 0.245 e. The summed E-state index contributed by atoms with van der Waals surface area (Å²) in [5, 5.41) is 3.63. The number of hydrogen-bond donors (Lipinski definition) is 1. The number of halogens is 1. The highest BCUT2D eigenvalue weighted by atomic mass is 35.5. The maximum absolute atomic E-state index is 12.7. The van der Waals surface area contributed by atoms with Gasteiger partial charge in [-0.05, 0) is 37.1 Å². The van der Waals surface area contributed by atoms with Gasteiger partial charge in [-0.1, -0.05) is 18.2 Å². The Kier molecular flexibility index (Phi) is 6.16. The Hall–Kier alpha value is -2.05. The molecular formula is C19H24ClN3O3. The lowest BCUT2D eigenvalue weighted by Crippen LogP contribution is -2.41. The van der Waals surface area contributed by atoms with Gasteiger partial charge in [-0.2, -0.15) is 0 Å². The van der Waals surface area contributed by atoms with Crippen molar-refractivity contribution in [3.63, 3.8) is 0 Å². The van der Waals surface area contributed by atoms with Crippen LogP contribution in [-0.4, -0.2) is 56.1 Å². The van der Waals surface area contributed by atoms with Crippen LogP contribution >= 0.6 is 11.6 Å². The van der Waals surface area contributed by atoms with Crippen LogP contribution in [-0.2, 0) is 14.3 Å². The highest BCUT2D eigenvalue weighted by Gasteiger charge is 2.27. The van der Waals surface area contributed by atoms with Gasteiger partial charge >= 0.3 is 0 Å². The Labute approximate surface area is 158 Å². The van der Waals surface area contributed by atoms with E-state index >= 15 is 0 Å². The zero-order valence-corrected chi connectivity index (χ0v) is 15.5. The number of carbonyl (C=O) groups is 2. The third kappa shape index (κ3) is 4.37. The van der Waals surface area contributed by atoms with Gasteiger partial charge in [0.05, 0.1) is 24.6 Å². The lowest BCUT2D eigenvalue weighted by molar-refractivity contribution is -0.130. The standard InChI is InChI=1S/C19H24ClN3O3/c1-2-18(24)23-7-5-14(6-8-23)19(25)21-16-13-15(20)3-4-17(16)22-9-11-26-12-10-22/h2-4,13-14H,1,5-12H2,(H,21,25). The number of piperidine rings is 1. The van der Waals surface area contributed by atoms with E-state index in [0.29, 0.717) is 44.2 Å². The molecule has 0 saturated carbocycles. The van der Waals surface area contributed by atoms with Crippen molar-refractivity contribution in [2.75, 3.05) is 49.6 Å². The number of rotatable bonds is 4. The zero-order valence-electron chi connectivity index (χ0n) is 14.7. The summed E-state index contributed by atoms with van der Waals surface area (Å²) < 4.78 is 5.41. The molecule has 2 fully saturated rings. The molecule has 0 radical (unpaired) electrons. The zero-order chi connectivity index (χ0) is 18.5. The molecule has 0 spiro atoms. The van der Waals surface area contributed by atoms with E-state index in [1.54, 1.807) is 11.0 Å². The molecule has 0 aromatic heterocycles. The maximum atomic E-state index is 12.7. The van der Waals surface area contributed by atoms with E-state index in [1.807, 2.05) is 12.1 Å². The Bertz CT molecular complexity index is 681. The number of ether oxygens (including phenoxy) is 1. The molecule has 3 rings (SSSR count). The minimum Gasteiger partial charge on any atom is -0.378 e. The van der Waals surface area contributed by atoms with Crippen LogP contribution in [0.5, 0.6) is 0 Å². The van der Waals surface area contributed by atoms with Crippen LogP contribution in [0.4, 0.5) is 11.4 Å². The predicted octanol–water partition coefficient (Wildman–Crippen LogP) is 2.54. The minimum absolute atomic E-state index is 0.0209. The minimum atomic E-state index is -0.111. The highest BCUT2D eigenvalue weighted by molar-refractivity contribution is 6.31. The van der Waals surface area contributed by atoms with Crippen molar-refractivity contribution in [1.82, 2.24) is 4.90 Å². The first-order valence-electron chi connectivity index (χ1n) is 8.93. The fraction of sp³-hybridized carbons (Fsp3) is 0.474. The van der Waals surface area contributed by atoms with Gasteiger partial charge < -0.3 is 19.9 Å². The van der Waals surface area contributed by atoms with E-state index < -0.39 is 0 Å². The molecule has 7 heteroatoms. The van der Waals surface area contributed by atoms with E-state index in [2.05, 4.69) is 16.8 Å². The molecule has 6 nitrogen and oxygen atoms in total. The van der Waals surface area contributed by atoms with Crippen LogP contribution in [0.15, 0.2) is 30.9 Å². The molecule has 2 amide bonds. The van der Waals surface area contributed by atoms with Gasteiger partial charge in [-0.15, -0.1) is 0 Å². The van der Waals surface area contributed by atoms with Crippen LogP contribution in [0, 0.1) is 5.92 Å². The second-order valence-corrected chi connectivity index (χ2v) is 6.99. The molecule has 0 aliphatic carbocycles. The summed E-state index contributed by atoms with van der Waals surface area (Å²) >= 11 is 6.15. The van der Waals surface area contributed by atoms with Crippen LogP contribution < -0.4 is 10.2 Å². The third-order valence-electron chi connectivity index (χ3n) is 4.92. The van der Waals surface area contributed by atoms with Gasteiger partial charge in [-0.3, -0.25) is 9.59 Å². The summed E-state index contributed by atoms with van der Waals surface area (Å²) in [5.74, 6) is -0.207. The molecule has 140 valence electrons. The van der Waals surface area contributed by atoms with Gasteiger partial charge in [0.2, 0.25) is 11.8 Å². The van der Waals surface area contributed by atoms with Crippen molar-refractivity contribution >= 4 is 34.8 Å². The number of carbonyl (C=O) groups excluding carboxylic acids is 2. The molecule has 2 aliphatic heterocycles. The van der Waals surface area contributed by atoms with E-state index in [4.69, 9.17) is 16.3 Å². The van der Waals surface area contributed by atoms with Gasteiger partial charge in [-0.25, -0.2) is 0 Å². The van der Waals surface area contributed by atoms with Gasteiger partial charge in [0, 0.05) is 37.1 Å². The Morgan fingerprint density at radius 2 is 1.88 bits per heavy atom. The number of likely N-dealkylation sites (tertiary alicyclic amines) is 1. The smallest absolute Gasteiger partial charge is 0.245 e. The normalized spacial score (nSPS) is 18.5. The van der Waals surface area contributed by atoms with Crippen LogP contribution in [0.1, 0.15) is 12.8 Å². The van der Waals surface area contributed by atoms with Crippen molar-refractivity contribution in [3.8, 4) is 0 Å². The average molecular weight is 378 g/mol. The van der Waals surface area contributed by atoms with Crippen molar-refractivity contribution in [3.05, 3.63) is 35.9 Å². The Morgan fingerprint density at radius 1 is 1.19 bits per heavy atom. The summed E-state index contributed by atoms with van der Waals surface area (Å²) in [5.41, 5.74) is 1.69. The number of nitrogens with one attached hydrogen (secondary N) is 1. The van der Waals surface area contributed by atoms with Crippen molar-refractivity contribution in [2.45, 2.75) is 12.8 Å². The summed E-state index contributed by atoms with van der Waals surface area (Å²) in [7, 11) is 0. The molecule has 2 heterocycles. The van der Waals surface area contributed by atoms with Gasteiger partial charge in [0.15, 0.2) is 0 Å². The first-order chi connectivity index (χ1) is 12.6. The van der Waals surface area contributed by atoms with Gasteiger partial charge in [0.1, 0.15) is 0 Å². The topological polar surface area (TPSA) is 61.9 Å². The second-order valence-electron chi connectivity index (χ2n) is 6.55. The van der Waals surface area contributed by atoms with E-state index in [0.717, 1.165) is 24.5 Å². The summed E-state index contributed by atoms with van der Waals surface area (Å²) in [6.07, 6.45) is 2.62. The number of amides is 2. The lowest BCUT2D eigenvalue weighted by Gasteiger charge is -2.32. The molecule has 1 aromatic carbocycles. The van der Waals surface area contributed by atoms with E-state index in [9.17, 15) is 9.59 Å². The first kappa shape index (κ1) is 18.7. The largest absolute Gasteiger partial charge is 0.378 e. The predicted molar refractivity (Wildman–Crippen MR) is 103 cm³/mol. The highest BCUT2D eigenvalue weighted by Crippen LogP contribution is 2.31. The van der Waals surface area contributed by atoms with E-state index in [1.165, 1.54) is 6.08 Å². The molecule has 2 saturated heterocycles. The summed E-state index contributed by atoms with van der Waals surface area (Å²) in [4.78, 5) is 28.3. The van der Waals surface area contributed by atoms with Crippen molar-refractivity contribution < 1.29 is 14.3 Å². The molecule has 0 bridgehead atoms. The molecule has 26 heavy (non-hydrogen) atoms. The monoisotopic (exact) mass is 377 g/mol. The lowest BCUT2D eigenvalue weighted by atomic mass is 9.95. The SMILES string of the molecule is C=CC(=O)N1CCC(C(=O)Nc2cc(Cl)ccc2N2CCOCC2)CC1. The summed E-state index contributed by atoms with van der Waals surface area (Å²) in [6.45, 7) is 7.58. The molecule has 0 atom stereocenters. The third-order valence-corrected chi connectivity index (χ3v) is 5.16. The molecule has 1 aromatic rings. The Morgan fingerprint density at radius 3 is 2.54 bits per heavy atom. The quantitative estimate of drug-likeness (QED) is 0.819. The van der Waals surface area contributed by atoms with Crippen LogP contribution in [0.2, 0.25) is 5.02 Å². The number of morpholine rings is 1. The number of anilines is 2. The number of nitrogens with zero attached hydrogens (tertiary/aromatic N) is 2. The Balaban J connectivity index is 1.66. The van der Waals surface area contributed by atoms with Gasteiger partial charge in [0.25, 0.3) is 0 Å². The van der Waals surface area contributed by atoms with Crippen molar-refractivity contribution in [1.29, 1.82) is 0 Å². The molecular weight excluding hydrogens is 354 g/mol. The second kappa shape index (κ2) is 8.56. The fourth-order valence-electron chi connectivity index (χ4n) is 3.41. The molecule has 0 unspecified atom stereocenters. The molecule has 2 aliphatic rings. The summed E-state index contributed by atoms with van der Waals surface area (Å²) in [6, 6.07) is 5.57. The first-order valence-corrected chi connectivity index (χ1v) is 9.30.